The van der Waals surface area contributed by atoms with Crippen LogP contribution in [0.5, 0.6) is 0 Å². The zero-order valence-corrected chi connectivity index (χ0v) is 11.1. The van der Waals surface area contributed by atoms with E-state index in [0.717, 1.165) is 31.4 Å². The lowest BCUT2D eigenvalue weighted by molar-refractivity contribution is 0.0692. The molecule has 108 valence electrons. The van der Waals surface area contributed by atoms with Crippen LogP contribution in [0.3, 0.4) is 0 Å². The predicted octanol–water partition coefficient (Wildman–Crippen LogP) is 2.83. The second-order valence-electron chi connectivity index (χ2n) is 5.11. The van der Waals surface area contributed by atoms with Crippen LogP contribution in [0, 0.1) is 11.7 Å². The van der Waals surface area contributed by atoms with Gasteiger partial charge in [-0.25, -0.2) is 14.0 Å². The molecule has 1 aliphatic carbocycles. The van der Waals surface area contributed by atoms with Gasteiger partial charge in [0.1, 0.15) is 5.82 Å². The molecule has 0 heterocycles. The Kier molecular flexibility index (Phi) is 4.22. The number of halogens is 1. The highest BCUT2D eigenvalue weighted by molar-refractivity contribution is 5.91. The van der Waals surface area contributed by atoms with Crippen LogP contribution < -0.4 is 10.6 Å². The smallest absolute Gasteiger partial charge is 0.338 e. The van der Waals surface area contributed by atoms with Gasteiger partial charge in [-0.2, -0.15) is 0 Å². The number of hydrogen-bond acceptors (Lipinski definition) is 2. The zero-order valence-electron chi connectivity index (χ0n) is 11.1. The summed E-state index contributed by atoms with van der Waals surface area (Å²) >= 11 is 0. The molecule has 0 saturated heterocycles. The molecule has 6 heteroatoms. The zero-order chi connectivity index (χ0) is 14.7. The maximum Gasteiger partial charge on any atom is 0.338 e. The molecular weight excluding hydrogens is 263 g/mol. The number of carboxylic acid groups (broad SMARTS) is 1. The molecule has 2 rings (SSSR count). The van der Waals surface area contributed by atoms with Crippen LogP contribution in [-0.4, -0.2) is 23.1 Å². The van der Waals surface area contributed by atoms with E-state index < -0.39 is 23.4 Å². The molecule has 0 aromatic heterocycles. The van der Waals surface area contributed by atoms with Crippen molar-refractivity contribution >= 4 is 17.7 Å². The van der Waals surface area contributed by atoms with Crippen LogP contribution in [0.25, 0.3) is 0 Å². The lowest BCUT2D eigenvalue weighted by Gasteiger charge is -2.17. The number of rotatable bonds is 3. The normalized spacial score (nSPS) is 21.5. The standard InChI is InChI=1S/C14H17FN2O3/c1-8-3-2-4-12(8)17-14(20)16-9-5-6-10(13(18)19)11(15)7-9/h5-8,12H,2-4H2,1H3,(H,18,19)(H2,16,17,20). The molecule has 0 bridgehead atoms. The summed E-state index contributed by atoms with van der Waals surface area (Å²) < 4.78 is 13.5. The van der Waals surface area contributed by atoms with Gasteiger partial charge in [0, 0.05) is 11.7 Å². The van der Waals surface area contributed by atoms with E-state index in [0.29, 0.717) is 5.92 Å². The summed E-state index contributed by atoms with van der Waals surface area (Å²) in [5.41, 5.74) is -0.184. The van der Waals surface area contributed by atoms with Crippen molar-refractivity contribution in [2.24, 2.45) is 5.92 Å². The Morgan fingerprint density at radius 1 is 1.35 bits per heavy atom. The summed E-state index contributed by atoms with van der Waals surface area (Å²) in [6, 6.07) is 3.24. The topological polar surface area (TPSA) is 78.4 Å². The van der Waals surface area contributed by atoms with Gasteiger partial charge < -0.3 is 15.7 Å². The van der Waals surface area contributed by atoms with E-state index in [9.17, 15) is 14.0 Å². The fourth-order valence-corrected chi connectivity index (χ4v) is 2.46. The van der Waals surface area contributed by atoms with Gasteiger partial charge >= 0.3 is 12.0 Å². The van der Waals surface area contributed by atoms with Crippen LogP contribution in [0.4, 0.5) is 14.9 Å². The first kappa shape index (κ1) is 14.3. The molecule has 1 saturated carbocycles. The Morgan fingerprint density at radius 3 is 2.65 bits per heavy atom. The molecule has 0 radical (unpaired) electrons. The number of carbonyl (C=O) groups excluding carboxylic acids is 1. The Labute approximate surface area is 116 Å². The molecule has 1 aromatic rings. The average Bonchev–Trinajstić information content (AvgIpc) is 2.74. The van der Waals surface area contributed by atoms with Crippen molar-refractivity contribution in [1.29, 1.82) is 0 Å². The minimum Gasteiger partial charge on any atom is -0.478 e. The van der Waals surface area contributed by atoms with E-state index in [2.05, 4.69) is 17.6 Å². The lowest BCUT2D eigenvalue weighted by atomic mass is 10.1. The van der Waals surface area contributed by atoms with Crippen molar-refractivity contribution in [3.05, 3.63) is 29.6 Å². The molecule has 1 aliphatic rings. The fraction of sp³-hybridized carbons (Fsp3) is 0.429. The molecule has 3 N–H and O–H groups in total. The molecule has 0 spiro atoms. The van der Waals surface area contributed by atoms with Gasteiger partial charge in [-0.15, -0.1) is 0 Å². The number of hydrogen-bond donors (Lipinski definition) is 3. The number of carboxylic acids is 1. The summed E-state index contributed by atoms with van der Waals surface area (Å²) in [5, 5.41) is 14.1. The number of urea groups is 1. The molecular formula is C14H17FN2O3. The molecule has 2 atom stereocenters. The van der Waals surface area contributed by atoms with Gasteiger partial charge in [-0.3, -0.25) is 0 Å². The third kappa shape index (κ3) is 3.26. The SMILES string of the molecule is CC1CCCC1NC(=O)Nc1ccc(C(=O)O)c(F)c1. The Bertz CT molecular complexity index is 533. The van der Waals surface area contributed by atoms with Crippen molar-refractivity contribution in [2.45, 2.75) is 32.2 Å². The molecule has 1 aromatic carbocycles. The Balaban J connectivity index is 1.97. The highest BCUT2D eigenvalue weighted by atomic mass is 19.1. The van der Waals surface area contributed by atoms with Gasteiger partial charge in [0.15, 0.2) is 0 Å². The summed E-state index contributed by atoms with van der Waals surface area (Å²) in [4.78, 5) is 22.5. The summed E-state index contributed by atoms with van der Waals surface area (Å²) in [6.07, 6.45) is 3.13. The van der Waals surface area contributed by atoms with Gasteiger partial charge in [-0.05, 0) is 37.0 Å². The van der Waals surface area contributed by atoms with Gasteiger partial charge in [0.25, 0.3) is 0 Å². The second kappa shape index (κ2) is 5.90. The van der Waals surface area contributed by atoms with Crippen LogP contribution in [0.2, 0.25) is 0 Å². The third-order valence-corrected chi connectivity index (χ3v) is 3.64. The van der Waals surface area contributed by atoms with E-state index in [1.54, 1.807) is 0 Å². The molecule has 2 amide bonds. The van der Waals surface area contributed by atoms with Gasteiger partial charge in [0.2, 0.25) is 0 Å². The maximum absolute atomic E-state index is 13.5. The van der Waals surface area contributed by atoms with Crippen molar-refractivity contribution < 1.29 is 19.1 Å². The van der Waals surface area contributed by atoms with Crippen molar-refractivity contribution in [3.8, 4) is 0 Å². The molecule has 0 aliphatic heterocycles. The van der Waals surface area contributed by atoms with E-state index in [4.69, 9.17) is 5.11 Å². The summed E-state index contributed by atoms with van der Waals surface area (Å²) in [6.45, 7) is 2.08. The van der Waals surface area contributed by atoms with Crippen LogP contribution in [0.1, 0.15) is 36.5 Å². The quantitative estimate of drug-likeness (QED) is 0.796. The Hall–Kier alpha value is -2.11. The predicted molar refractivity (Wildman–Crippen MR) is 72.3 cm³/mol. The van der Waals surface area contributed by atoms with Gasteiger partial charge in [-0.1, -0.05) is 13.3 Å². The lowest BCUT2D eigenvalue weighted by Crippen LogP contribution is -2.39. The summed E-state index contributed by atoms with van der Waals surface area (Å²) in [5.74, 6) is -1.77. The van der Waals surface area contributed by atoms with E-state index >= 15 is 0 Å². The number of nitrogens with one attached hydrogen (secondary N) is 2. The molecule has 2 unspecified atom stereocenters. The minimum absolute atomic E-state index is 0.137. The highest BCUT2D eigenvalue weighted by Gasteiger charge is 2.24. The first-order chi connectivity index (χ1) is 9.47. The van der Waals surface area contributed by atoms with Crippen molar-refractivity contribution in [1.82, 2.24) is 5.32 Å². The number of anilines is 1. The van der Waals surface area contributed by atoms with Gasteiger partial charge in [0.05, 0.1) is 5.56 Å². The third-order valence-electron chi connectivity index (χ3n) is 3.64. The second-order valence-corrected chi connectivity index (χ2v) is 5.11. The summed E-state index contributed by atoms with van der Waals surface area (Å²) in [7, 11) is 0. The number of aromatic carboxylic acids is 1. The first-order valence-corrected chi connectivity index (χ1v) is 6.57. The Morgan fingerprint density at radius 2 is 2.10 bits per heavy atom. The molecule has 20 heavy (non-hydrogen) atoms. The largest absolute Gasteiger partial charge is 0.478 e. The minimum atomic E-state index is -1.33. The molecule has 5 nitrogen and oxygen atoms in total. The highest BCUT2D eigenvalue weighted by Crippen LogP contribution is 2.24. The van der Waals surface area contributed by atoms with Crippen molar-refractivity contribution in [3.63, 3.8) is 0 Å². The number of amides is 2. The fourth-order valence-electron chi connectivity index (χ4n) is 2.46. The molecule has 1 fully saturated rings. The monoisotopic (exact) mass is 280 g/mol. The number of benzene rings is 1. The first-order valence-electron chi connectivity index (χ1n) is 6.57. The van der Waals surface area contributed by atoms with Crippen molar-refractivity contribution in [2.75, 3.05) is 5.32 Å². The van der Waals surface area contributed by atoms with E-state index in [1.165, 1.54) is 6.07 Å². The van der Waals surface area contributed by atoms with E-state index in [-0.39, 0.29) is 11.7 Å². The van der Waals surface area contributed by atoms with Crippen LogP contribution in [-0.2, 0) is 0 Å². The van der Waals surface area contributed by atoms with Crippen LogP contribution in [0.15, 0.2) is 18.2 Å². The maximum atomic E-state index is 13.5. The number of carbonyl (C=O) groups is 2. The van der Waals surface area contributed by atoms with E-state index in [1.807, 2.05) is 0 Å². The van der Waals surface area contributed by atoms with Crippen LogP contribution >= 0.6 is 0 Å². The average molecular weight is 280 g/mol.